The van der Waals surface area contributed by atoms with Gasteiger partial charge in [0.1, 0.15) is 21.2 Å². The Morgan fingerprint density at radius 3 is 2.83 bits per heavy atom. The Morgan fingerprint density at radius 1 is 1.19 bits per heavy atom. The second-order valence-corrected chi connectivity index (χ2v) is 9.83. The Bertz CT molecular complexity index is 1460. The number of nitrogens with zero attached hydrogens (tertiary/aromatic N) is 2. The molecular weight excluding hydrogens is 476 g/mol. The molecule has 0 saturated carbocycles. The number of aryl methyl sites for hydroxylation is 1. The van der Waals surface area contributed by atoms with E-state index < -0.39 is 0 Å². The molecule has 2 aromatic heterocycles. The number of hydrogen-bond acceptors (Lipinski definition) is 6. The molecule has 9 heteroatoms. The molecule has 8 nitrogen and oxygen atoms in total. The van der Waals surface area contributed by atoms with Gasteiger partial charge in [-0.3, -0.25) is 9.69 Å². The molecule has 182 valence electrons. The van der Waals surface area contributed by atoms with Crippen LogP contribution < -0.4 is 20.3 Å². The van der Waals surface area contributed by atoms with E-state index in [0.29, 0.717) is 45.7 Å². The van der Waals surface area contributed by atoms with Crippen LogP contribution in [0.3, 0.4) is 0 Å². The van der Waals surface area contributed by atoms with Gasteiger partial charge in [-0.25, -0.2) is 9.78 Å². The summed E-state index contributed by atoms with van der Waals surface area (Å²) in [5.41, 5.74) is 2.69. The molecule has 0 aliphatic carbocycles. The summed E-state index contributed by atoms with van der Waals surface area (Å²) in [6, 6.07) is 16.4. The van der Waals surface area contributed by atoms with Crippen molar-refractivity contribution in [2.24, 2.45) is 0 Å². The minimum atomic E-state index is -0.330. The summed E-state index contributed by atoms with van der Waals surface area (Å²) >= 11 is 1.29. The summed E-state index contributed by atoms with van der Waals surface area (Å²) in [6.07, 6.45) is 3.41. The normalized spacial score (nSPS) is 17.1. The lowest BCUT2D eigenvalue weighted by atomic mass is 10.1. The van der Waals surface area contributed by atoms with Crippen LogP contribution in [0, 0.1) is 6.92 Å². The number of amides is 3. The third kappa shape index (κ3) is 4.06. The lowest BCUT2D eigenvalue weighted by molar-refractivity contribution is 0.0626. The van der Waals surface area contributed by atoms with E-state index in [0.717, 1.165) is 29.5 Å². The first kappa shape index (κ1) is 22.5. The predicted octanol–water partition coefficient (Wildman–Crippen LogP) is 5.99. The molecule has 1 atom stereocenters. The number of pyridine rings is 1. The van der Waals surface area contributed by atoms with E-state index in [2.05, 4.69) is 15.6 Å². The Balaban J connectivity index is 1.40. The Hall–Kier alpha value is -3.95. The number of hydrogen-bond donors (Lipinski definition) is 2. The van der Waals surface area contributed by atoms with Crippen LogP contribution in [-0.2, 0) is 4.74 Å². The number of carbonyl (C=O) groups is 2. The van der Waals surface area contributed by atoms with Crippen molar-refractivity contribution in [2.75, 3.05) is 23.4 Å². The van der Waals surface area contributed by atoms with Crippen LogP contribution in [-0.4, -0.2) is 36.2 Å². The summed E-state index contributed by atoms with van der Waals surface area (Å²) in [5.74, 6) is 1.16. The maximum Gasteiger partial charge on any atom is 0.331 e. The second kappa shape index (κ2) is 9.25. The molecule has 0 bridgehead atoms. The van der Waals surface area contributed by atoms with E-state index in [9.17, 15) is 9.59 Å². The Morgan fingerprint density at radius 2 is 2.06 bits per heavy atom. The number of carbonyl (C=O) groups excluding carboxylic acids is 2. The Kier molecular flexibility index (Phi) is 5.79. The van der Waals surface area contributed by atoms with Crippen molar-refractivity contribution in [2.45, 2.75) is 25.8 Å². The molecule has 3 amide bonds. The molecular formula is C27H24N4O4S. The SMILES string of the molecule is Cc1cc(Oc2ccccc2)ccc1N1C(=O)Nc2ccnc3sc(C(=O)NC4CCCOC4)c1c23. The van der Waals surface area contributed by atoms with Gasteiger partial charge in [-0.2, -0.15) is 0 Å². The lowest BCUT2D eigenvalue weighted by Gasteiger charge is -2.30. The summed E-state index contributed by atoms with van der Waals surface area (Å²) < 4.78 is 11.5. The van der Waals surface area contributed by atoms with E-state index in [1.807, 2.05) is 55.5 Å². The first-order chi connectivity index (χ1) is 17.6. The first-order valence-electron chi connectivity index (χ1n) is 11.8. The maximum absolute atomic E-state index is 13.5. The molecule has 1 fully saturated rings. The third-order valence-electron chi connectivity index (χ3n) is 6.32. The number of para-hydroxylation sites is 1. The van der Waals surface area contributed by atoms with E-state index >= 15 is 0 Å². The highest BCUT2D eigenvalue weighted by atomic mass is 32.1. The van der Waals surface area contributed by atoms with E-state index in [1.165, 1.54) is 11.3 Å². The highest BCUT2D eigenvalue weighted by molar-refractivity contribution is 7.21. The number of urea groups is 1. The molecule has 0 radical (unpaired) electrons. The van der Waals surface area contributed by atoms with Gasteiger partial charge in [-0.15, -0.1) is 11.3 Å². The molecule has 1 unspecified atom stereocenters. The van der Waals surface area contributed by atoms with Crippen molar-refractivity contribution < 1.29 is 19.1 Å². The van der Waals surface area contributed by atoms with Crippen molar-refractivity contribution in [1.82, 2.24) is 10.3 Å². The summed E-state index contributed by atoms with van der Waals surface area (Å²) in [6.45, 7) is 3.12. The molecule has 0 spiro atoms. The zero-order valence-corrected chi connectivity index (χ0v) is 20.4. The second-order valence-electron chi connectivity index (χ2n) is 8.83. The minimum Gasteiger partial charge on any atom is -0.457 e. The molecule has 6 rings (SSSR count). The van der Waals surface area contributed by atoms with Crippen LogP contribution in [0.1, 0.15) is 28.1 Å². The topological polar surface area (TPSA) is 92.8 Å². The van der Waals surface area contributed by atoms with Gasteiger partial charge in [-0.1, -0.05) is 18.2 Å². The van der Waals surface area contributed by atoms with Crippen LogP contribution in [0.25, 0.3) is 10.2 Å². The average Bonchev–Trinajstić information content (AvgIpc) is 3.27. The Labute approximate surface area is 211 Å². The van der Waals surface area contributed by atoms with Gasteiger partial charge in [-0.05, 0) is 61.7 Å². The fourth-order valence-corrected chi connectivity index (χ4v) is 5.71. The van der Waals surface area contributed by atoms with Crippen LogP contribution in [0.15, 0.2) is 60.8 Å². The van der Waals surface area contributed by atoms with Crippen LogP contribution in [0.4, 0.5) is 21.9 Å². The number of benzene rings is 2. The molecule has 4 aromatic rings. The van der Waals surface area contributed by atoms with Crippen LogP contribution in [0.2, 0.25) is 0 Å². The zero-order chi connectivity index (χ0) is 24.6. The quantitative estimate of drug-likeness (QED) is 0.351. The van der Waals surface area contributed by atoms with Gasteiger partial charge in [0.05, 0.1) is 35.1 Å². The number of nitrogens with one attached hydrogen (secondary N) is 2. The first-order valence-corrected chi connectivity index (χ1v) is 12.6. The number of rotatable bonds is 5. The summed E-state index contributed by atoms with van der Waals surface area (Å²) in [7, 11) is 0. The van der Waals surface area contributed by atoms with Crippen molar-refractivity contribution in [3.05, 3.63) is 71.2 Å². The molecule has 2 N–H and O–H groups in total. The van der Waals surface area contributed by atoms with Gasteiger partial charge in [0.25, 0.3) is 5.91 Å². The van der Waals surface area contributed by atoms with E-state index in [4.69, 9.17) is 9.47 Å². The highest BCUT2D eigenvalue weighted by Crippen LogP contribution is 2.47. The fraction of sp³-hybridized carbons (Fsp3) is 0.222. The van der Waals surface area contributed by atoms with E-state index in [-0.39, 0.29) is 18.0 Å². The fourth-order valence-electron chi connectivity index (χ4n) is 4.65. The standard InChI is InChI=1S/C27H24N4O4S/c1-16-14-19(35-18-7-3-2-4-8-18)9-10-21(16)31-23-22-20(30-27(31)33)11-12-28-26(22)36-24(23)25(32)29-17-6-5-13-34-15-17/h2-4,7-12,14,17H,5-6,13,15H2,1H3,(H,29,32)(H,30,33). The average molecular weight is 501 g/mol. The minimum absolute atomic E-state index is 0.0573. The largest absolute Gasteiger partial charge is 0.457 e. The van der Waals surface area contributed by atoms with Crippen molar-refractivity contribution in [3.8, 4) is 11.5 Å². The lowest BCUT2D eigenvalue weighted by Crippen LogP contribution is -2.41. The van der Waals surface area contributed by atoms with E-state index in [1.54, 1.807) is 17.2 Å². The summed E-state index contributed by atoms with van der Waals surface area (Å²) in [4.78, 5) is 34.1. The highest BCUT2D eigenvalue weighted by Gasteiger charge is 2.35. The van der Waals surface area contributed by atoms with Crippen LogP contribution in [0.5, 0.6) is 11.5 Å². The van der Waals surface area contributed by atoms with Gasteiger partial charge in [0, 0.05) is 12.8 Å². The third-order valence-corrected chi connectivity index (χ3v) is 7.41. The number of thiophene rings is 1. The molecule has 1 saturated heterocycles. The molecule has 4 heterocycles. The van der Waals surface area contributed by atoms with Gasteiger partial charge < -0.3 is 20.1 Å². The van der Waals surface area contributed by atoms with Gasteiger partial charge in [0.15, 0.2) is 0 Å². The van der Waals surface area contributed by atoms with Crippen molar-refractivity contribution in [3.63, 3.8) is 0 Å². The van der Waals surface area contributed by atoms with Gasteiger partial charge >= 0.3 is 6.03 Å². The van der Waals surface area contributed by atoms with Gasteiger partial charge in [0.2, 0.25) is 0 Å². The van der Waals surface area contributed by atoms with Crippen molar-refractivity contribution >= 4 is 50.6 Å². The number of ether oxygens (including phenoxy) is 2. The predicted molar refractivity (Wildman–Crippen MR) is 140 cm³/mol. The van der Waals surface area contributed by atoms with Crippen molar-refractivity contribution in [1.29, 1.82) is 0 Å². The zero-order valence-electron chi connectivity index (χ0n) is 19.6. The molecule has 36 heavy (non-hydrogen) atoms. The monoisotopic (exact) mass is 500 g/mol. The summed E-state index contributed by atoms with van der Waals surface area (Å²) in [5, 5.41) is 6.81. The number of aromatic nitrogens is 1. The number of anilines is 3. The van der Waals surface area contributed by atoms with Crippen LogP contribution >= 0.6 is 11.3 Å². The smallest absolute Gasteiger partial charge is 0.331 e. The molecule has 2 aliphatic rings. The maximum atomic E-state index is 13.5. The molecule has 2 aromatic carbocycles. The molecule has 2 aliphatic heterocycles.